The Morgan fingerprint density at radius 1 is 0.735 bits per heavy atom. The van der Waals surface area contributed by atoms with E-state index in [1.807, 2.05) is 0 Å². The number of carbonyl (C=O) groups is 5. The molecule has 1 saturated carbocycles. The summed E-state index contributed by atoms with van der Waals surface area (Å²) in [4.78, 5) is 81.8. The van der Waals surface area contributed by atoms with Gasteiger partial charge in [0.15, 0.2) is 6.61 Å². The first-order chi connectivity index (χ1) is 33.2. The Morgan fingerprint density at radius 3 is 2.10 bits per heavy atom. The molecule has 20 nitrogen and oxygen atoms in total. The van der Waals surface area contributed by atoms with Crippen LogP contribution in [0.25, 0.3) is 5.69 Å². The summed E-state index contributed by atoms with van der Waals surface area (Å²) in [6, 6.07) is 10.8. The van der Waals surface area contributed by atoms with Crippen molar-refractivity contribution in [3.63, 3.8) is 0 Å². The fourth-order valence-electron chi connectivity index (χ4n) is 9.07. The summed E-state index contributed by atoms with van der Waals surface area (Å²) in [5.41, 5.74) is 1.24. The van der Waals surface area contributed by atoms with Crippen LogP contribution in [-0.4, -0.2) is 166 Å². The number of rotatable bonds is 28. The van der Waals surface area contributed by atoms with Gasteiger partial charge in [-0.15, -0.1) is 5.10 Å². The number of anilines is 1. The smallest absolute Gasteiger partial charge is 0.348 e. The number of H-pyrrole nitrogens is 1. The van der Waals surface area contributed by atoms with Crippen molar-refractivity contribution >= 4 is 35.2 Å². The van der Waals surface area contributed by atoms with Crippen molar-refractivity contribution in [1.82, 2.24) is 35.2 Å². The number of amides is 5. The zero-order valence-corrected chi connectivity index (χ0v) is 38.8. The summed E-state index contributed by atoms with van der Waals surface area (Å²) in [7, 11) is 0. The fourth-order valence-corrected chi connectivity index (χ4v) is 9.07. The van der Waals surface area contributed by atoms with E-state index in [2.05, 4.69) is 30.9 Å². The van der Waals surface area contributed by atoms with Gasteiger partial charge in [-0.3, -0.25) is 39.2 Å². The van der Waals surface area contributed by atoms with Crippen molar-refractivity contribution in [3.05, 3.63) is 69.9 Å². The Morgan fingerprint density at radius 2 is 1.41 bits per heavy atom. The molecule has 4 heterocycles. The predicted octanol–water partition coefficient (Wildman–Crippen LogP) is 2.80. The SMILES string of the molecule is O=C(COc1ccc(-n2nc([C@H]3CCCN(CCC4CCCCC4)C3)[nH]c2=O)cc1)NCCOCCOCCOCCOCCOCCNc1cccc2c1C(=O)N(C1CCC(=O)NC1=O)C2=O. The quantitative estimate of drug-likeness (QED) is 0.0606. The van der Waals surface area contributed by atoms with E-state index in [1.165, 1.54) is 43.2 Å². The van der Waals surface area contributed by atoms with Gasteiger partial charge in [0.25, 0.3) is 17.7 Å². The van der Waals surface area contributed by atoms with Crippen LogP contribution in [0.4, 0.5) is 5.69 Å². The second-order valence-corrected chi connectivity index (χ2v) is 17.5. The maximum Gasteiger partial charge on any atom is 0.348 e. The molecule has 1 unspecified atom stereocenters. The molecule has 0 spiro atoms. The van der Waals surface area contributed by atoms with E-state index in [0.29, 0.717) is 96.3 Å². The van der Waals surface area contributed by atoms with Crippen LogP contribution in [0.5, 0.6) is 5.75 Å². The molecule has 0 bridgehead atoms. The highest BCUT2D eigenvalue weighted by Crippen LogP contribution is 2.33. The van der Waals surface area contributed by atoms with Gasteiger partial charge in [-0.1, -0.05) is 38.2 Å². The van der Waals surface area contributed by atoms with E-state index in [-0.39, 0.29) is 48.1 Å². The molecule has 2 saturated heterocycles. The van der Waals surface area contributed by atoms with Crippen molar-refractivity contribution in [2.75, 3.05) is 111 Å². The Kier molecular flexibility index (Phi) is 19.5. The van der Waals surface area contributed by atoms with Gasteiger partial charge in [-0.25, -0.2) is 4.79 Å². The van der Waals surface area contributed by atoms with Gasteiger partial charge >= 0.3 is 5.69 Å². The molecular weight excluding hydrogens is 881 g/mol. The van der Waals surface area contributed by atoms with E-state index in [9.17, 15) is 28.8 Å². The number of carbonyl (C=O) groups excluding carboxylic acids is 5. The number of fused-ring (bicyclic) bond motifs is 1. The van der Waals surface area contributed by atoms with E-state index in [0.717, 1.165) is 49.1 Å². The number of aromatic nitrogens is 3. The molecule has 370 valence electrons. The Balaban J connectivity index is 0.645. The number of likely N-dealkylation sites (tertiary alicyclic amines) is 1. The zero-order valence-electron chi connectivity index (χ0n) is 38.8. The van der Waals surface area contributed by atoms with Crippen molar-refractivity contribution < 1.29 is 52.4 Å². The summed E-state index contributed by atoms with van der Waals surface area (Å²) < 4.78 is 34.8. The summed E-state index contributed by atoms with van der Waals surface area (Å²) >= 11 is 0. The van der Waals surface area contributed by atoms with Crippen LogP contribution in [0.2, 0.25) is 0 Å². The molecule has 4 aliphatic rings. The lowest BCUT2D eigenvalue weighted by atomic mass is 9.86. The molecule has 68 heavy (non-hydrogen) atoms. The lowest BCUT2D eigenvalue weighted by molar-refractivity contribution is -0.136. The van der Waals surface area contributed by atoms with Crippen LogP contribution in [0, 0.1) is 5.92 Å². The zero-order chi connectivity index (χ0) is 47.5. The van der Waals surface area contributed by atoms with Crippen LogP contribution in [0.15, 0.2) is 47.3 Å². The number of hydrogen-bond donors (Lipinski definition) is 4. The third kappa shape index (κ3) is 14.5. The third-order valence-corrected chi connectivity index (χ3v) is 12.6. The molecule has 4 N–H and O–H groups in total. The number of ether oxygens (including phenoxy) is 6. The normalized spacial score (nSPS) is 19.0. The molecular formula is C48H66N8O12. The number of hydrogen-bond acceptors (Lipinski definition) is 15. The lowest BCUT2D eigenvalue weighted by Gasteiger charge is -2.33. The van der Waals surface area contributed by atoms with Crippen molar-refractivity contribution in [1.29, 1.82) is 0 Å². The molecule has 3 fully saturated rings. The fraction of sp³-hybridized carbons (Fsp3) is 0.604. The third-order valence-electron chi connectivity index (χ3n) is 12.6. The predicted molar refractivity (Wildman–Crippen MR) is 248 cm³/mol. The summed E-state index contributed by atoms with van der Waals surface area (Å²) in [5, 5.41) is 12.8. The van der Waals surface area contributed by atoms with Crippen LogP contribution in [0.1, 0.15) is 96.7 Å². The Bertz CT molecular complexity index is 2190. The van der Waals surface area contributed by atoms with Crippen molar-refractivity contribution in [3.8, 4) is 11.4 Å². The number of benzene rings is 2. The number of nitrogens with zero attached hydrogens (tertiary/aromatic N) is 4. The highest BCUT2D eigenvalue weighted by molar-refractivity contribution is 6.25. The van der Waals surface area contributed by atoms with E-state index < -0.39 is 29.7 Å². The highest BCUT2D eigenvalue weighted by atomic mass is 16.6. The number of piperidine rings is 2. The van der Waals surface area contributed by atoms with Gasteiger partial charge in [-0.05, 0) is 81.1 Å². The first-order valence-corrected chi connectivity index (χ1v) is 24.1. The molecule has 2 aromatic carbocycles. The van der Waals surface area contributed by atoms with Gasteiger partial charge in [-0.2, -0.15) is 4.68 Å². The van der Waals surface area contributed by atoms with E-state index >= 15 is 0 Å². The molecule has 1 aliphatic carbocycles. The molecule has 20 heteroatoms. The van der Waals surface area contributed by atoms with Crippen LogP contribution >= 0.6 is 0 Å². The molecule has 7 rings (SSSR count). The van der Waals surface area contributed by atoms with Crippen LogP contribution < -0.4 is 26.4 Å². The minimum absolute atomic E-state index is 0.0570. The largest absolute Gasteiger partial charge is 0.484 e. The monoisotopic (exact) mass is 946 g/mol. The maximum atomic E-state index is 13.2. The topological polar surface area (TPSA) is 234 Å². The molecule has 2 atom stereocenters. The van der Waals surface area contributed by atoms with Crippen LogP contribution in [0.3, 0.4) is 0 Å². The second kappa shape index (κ2) is 26.3. The Hall–Kier alpha value is -5.51. The first-order valence-electron chi connectivity index (χ1n) is 24.1. The highest BCUT2D eigenvalue weighted by Gasteiger charge is 2.45. The van der Waals surface area contributed by atoms with E-state index in [4.69, 9.17) is 28.4 Å². The van der Waals surface area contributed by atoms with Crippen molar-refractivity contribution in [2.24, 2.45) is 5.92 Å². The average molecular weight is 947 g/mol. The number of imide groups is 2. The minimum Gasteiger partial charge on any atom is -0.484 e. The molecule has 0 radical (unpaired) electrons. The van der Waals surface area contributed by atoms with E-state index in [1.54, 1.807) is 42.5 Å². The molecule has 3 aromatic rings. The lowest BCUT2D eigenvalue weighted by Crippen LogP contribution is -2.54. The molecule has 1 aromatic heterocycles. The average Bonchev–Trinajstić information content (AvgIpc) is 3.87. The first kappa shape index (κ1) is 50.4. The van der Waals surface area contributed by atoms with Crippen molar-refractivity contribution in [2.45, 2.75) is 76.2 Å². The number of aromatic amines is 1. The van der Waals surface area contributed by atoms with Gasteiger partial charge < -0.3 is 44.0 Å². The van der Waals surface area contributed by atoms with Gasteiger partial charge in [0.1, 0.15) is 17.6 Å². The Labute approximate surface area is 396 Å². The molecule has 5 amide bonds. The maximum absolute atomic E-state index is 13.2. The minimum atomic E-state index is -1.02. The molecule has 3 aliphatic heterocycles. The van der Waals surface area contributed by atoms with Gasteiger partial charge in [0, 0.05) is 37.7 Å². The second-order valence-electron chi connectivity index (χ2n) is 17.5. The summed E-state index contributed by atoms with van der Waals surface area (Å²) in [6.07, 6.45) is 10.4. The van der Waals surface area contributed by atoms with Crippen LogP contribution in [-0.2, 0) is 38.1 Å². The van der Waals surface area contributed by atoms with Gasteiger partial charge in [0.2, 0.25) is 11.8 Å². The summed E-state index contributed by atoms with van der Waals surface area (Å²) in [6.45, 7) is 7.38. The van der Waals surface area contributed by atoms with Gasteiger partial charge in [0.05, 0.1) is 82.9 Å². The number of nitrogens with one attached hydrogen (secondary N) is 4. The standard InChI is InChI=1S/C48H66N8O12/c57-41-16-15-40(45(59)51-41)55-46(60)38-9-4-10-39(43(38)47(55)61)49-18-22-63-24-26-65-28-30-67-31-29-66-27-25-64-23-19-50-42(58)33-68-37-13-11-36(12-14-37)56-48(62)52-44(53-56)35-8-5-20-54(32-35)21-17-34-6-2-1-3-7-34/h4,9-14,34-35,40,49H,1-3,5-8,15-33H2,(H,50,58)(H,51,57,59)(H,52,53,62)/t35-,40?/m0/s1. The summed E-state index contributed by atoms with van der Waals surface area (Å²) in [5.74, 6) is -0.170.